The molecule has 2 aromatic rings. The zero-order valence-electron chi connectivity index (χ0n) is 8.15. The third kappa shape index (κ3) is 1.13. The van der Waals surface area contributed by atoms with Crippen molar-refractivity contribution in [2.24, 2.45) is 0 Å². The highest BCUT2D eigenvalue weighted by atomic mass is 16.3. The molecule has 0 saturated heterocycles. The lowest BCUT2D eigenvalue weighted by Gasteiger charge is -2.07. The predicted molar refractivity (Wildman–Crippen MR) is 52.8 cm³/mol. The zero-order chi connectivity index (χ0) is 10.3. The normalized spacial score (nSPS) is 11.1. The summed E-state index contributed by atoms with van der Waals surface area (Å²) >= 11 is 0. The summed E-state index contributed by atoms with van der Waals surface area (Å²) in [7, 11) is 0. The number of aliphatic hydroxyl groups is 1. The molecule has 0 unspecified atom stereocenters. The van der Waals surface area contributed by atoms with Crippen LogP contribution in [0.4, 0.5) is 5.82 Å². The van der Waals surface area contributed by atoms with Crippen molar-refractivity contribution in [1.29, 1.82) is 0 Å². The molecule has 0 saturated carbocycles. The molecule has 5 nitrogen and oxygen atoms in total. The van der Waals surface area contributed by atoms with Crippen LogP contribution in [0.1, 0.15) is 17.0 Å². The number of anilines is 1. The van der Waals surface area contributed by atoms with E-state index in [1.54, 1.807) is 4.52 Å². The van der Waals surface area contributed by atoms with Gasteiger partial charge in [0, 0.05) is 17.3 Å². The van der Waals surface area contributed by atoms with Crippen LogP contribution < -0.4 is 5.73 Å². The van der Waals surface area contributed by atoms with E-state index in [0.29, 0.717) is 11.4 Å². The fourth-order valence-corrected chi connectivity index (χ4v) is 1.49. The van der Waals surface area contributed by atoms with Crippen LogP contribution in [0.3, 0.4) is 0 Å². The monoisotopic (exact) mass is 192 g/mol. The number of fused-ring (bicyclic) bond motifs is 1. The first kappa shape index (κ1) is 8.96. The average Bonchev–Trinajstić information content (AvgIpc) is 2.47. The second-order valence-corrected chi connectivity index (χ2v) is 3.27. The fourth-order valence-electron chi connectivity index (χ4n) is 1.49. The zero-order valence-corrected chi connectivity index (χ0v) is 8.15. The van der Waals surface area contributed by atoms with Crippen molar-refractivity contribution in [3.8, 4) is 0 Å². The van der Waals surface area contributed by atoms with E-state index in [4.69, 9.17) is 10.8 Å². The summed E-state index contributed by atoms with van der Waals surface area (Å²) in [6, 6.07) is 1.85. The van der Waals surface area contributed by atoms with E-state index >= 15 is 0 Å². The number of aryl methyl sites for hydroxylation is 2. The molecular weight excluding hydrogens is 180 g/mol. The molecule has 0 aliphatic heterocycles. The molecule has 0 aliphatic rings. The lowest BCUT2D eigenvalue weighted by molar-refractivity contribution is 0.280. The summed E-state index contributed by atoms with van der Waals surface area (Å²) in [5.41, 5.74) is 8.81. The summed E-state index contributed by atoms with van der Waals surface area (Å²) in [5, 5.41) is 13.3. The standard InChI is InChI=1S/C9H12N4O/c1-5-3-8-11-6(2)7(4-14)9(10)13(8)12-5/h3,14H,4,10H2,1-2H3. The van der Waals surface area contributed by atoms with Gasteiger partial charge in [-0.05, 0) is 13.8 Å². The van der Waals surface area contributed by atoms with Gasteiger partial charge >= 0.3 is 0 Å². The molecule has 2 rings (SSSR count). The highest BCUT2D eigenvalue weighted by molar-refractivity contribution is 5.53. The molecule has 0 atom stereocenters. The lowest BCUT2D eigenvalue weighted by atomic mass is 10.2. The maximum absolute atomic E-state index is 9.10. The number of nitrogen functional groups attached to an aromatic ring is 1. The van der Waals surface area contributed by atoms with Gasteiger partial charge in [-0.25, -0.2) is 4.98 Å². The van der Waals surface area contributed by atoms with E-state index in [1.807, 2.05) is 19.9 Å². The third-order valence-corrected chi connectivity index (χ3v) is 2.23. The Morgan fingerprint density at radius 2 is 2.21 bits per heavy atom. The predicted octanol–water partition coefficient (Wildman–Crippen LogP) is 0.421. The molecule has 0 aliphatic carbocycles. The van der Waals surface area contributed by atoms with E-state index in [2.05, 4.69) is 10.1 Å². The topological polar surface area (TPSA) is 76.4 Å². The minimum atomic E-state index is -0.112. The minimum absolute atomic E-state index is 0.112. The molecule has 5 heteroatoms. The van der Waals surface area contributed by atoms with Crippen LogP contribution in [0.2, 0.25) is 0 Å². The average molecular weight is 192 g/mol. The number of hydrogen-bond donors (Lipinski definition) is 2. The third-order valence-electron chi connectivity index (χ3n) is 2.23. The van der Waals surface area contributed by atoms with E-state index in [9.17, 15) is 0 Å². The molecule has 0 fully saturated rings. The molecule has 14 heavy (non-hydrogen) atoms. The minimum Gasteiger partial charge on any atom is -0.391 e. The smallest absolute Gasteiger partial charge is 0.157 e. The van der Waals surface area contributed by atoms with Gasteiger partial charge in [-0.1, -0.05) is 0 Å². The molecule has 0 bridgehead atoms. The molecule has 2 aromatic heterocycles. The van der Waals surface area contributed by atoms with Crippen LogP contribution in [0.25, 0.3) is 5.65 Å². The van der Waals surface area contributed by atoms with Crippen LogP contribution >= 0.6 is 0 Å². The maximum atomic E-state index is 9.10. The number of rotatable bonds is 1. The van der Waals surface area contributed by atoms with Crippen molar-refractivity contribution in [2.45, 2.75) is 20.5 Å². The van der Waals surface area contributed by atoms with Crippen molar-refractivity contribution in [1.82, 2.24) is 14.6 Å². The van der Waals surface area contributed by atoms with Gasteiger partial charge in [0.2, 0.25) is 0 Å². The van der Waals surface area contributed by atoms with Crippen LogP contribution in [0, 0.1) is 13.8 Å². The first-order valence-corrected chi connectivity index (χ1v) is 4.35. The maximum Gasteiger partial charge on any atom is 0.157 e. The Hall–Kier alpha value is -1.62. The molecule has 0 radical (unpaired) electrons. The number of nitrogens with two attached hydrogens (primary N) is 1. The summed E-state index contributed by atoms with van der Waals surface area (Å²) in [6.07, 6.45) is 0. The van der Waals surface area contributed by atoms with Crippen molar-refractivity contribution >= 4 is 11.5 Å². The lowest BCUT2D eigenvalue weighted by Crippen LogP contribution is -2.07. The van der Waals surface area contributed by atoms with Crippen molar-refractivity contribution < 1.29 is 5.11 Å². The highest BCUT2D eigenvalue weighted by Crippen LogP contribution is 2.17. The molecule has 2 heterocycles. The first-order chi connectivity index (χ1) is 6.63. The fraction of sp³-hybridized carbons (Fsp3) is 0.333. The van der Waals surface area contributed by atoms with Gasteiger partial charge in [0.25, 0.3) is 0 Å². The molecule has 0 spiro atoms. The summed E-state index contributed by atoms with van der Waals surface area (Å²) in [4.78, 5) is 4.29. The second kappa shape index (κ2) is 2.95. The molecule has 3 N–H and O–H groups in total. The number of nitrogens with zero attached hydrogens (tertiary/aromatic N) is 3. The van der Waals surface area contributed by atoms with Gasteiger partial charge in [0.05, 0.1) is 12.3 Å². The largest absolute Gasteiger partial charge is 0.391 e. The number of aromatic nitrogens is 3. The SMILES string of the molecule is Cc1cc2nc(C)c(CO)c(N)n2n1. The summed E-state index contributed by atoms with van der Waals surface area (Å²) in [5.74, 6) is 0.461. The van der Waals surface area contributed by atoms with Gasteiger partial charge in [0.15, 0.2) is 5.65 Å². The second-order valence-electron chi connectivity index (χ2n) is 3.27. The number of aliphatic hydroxyl groups excluding tert-OH is 1. The highest BCUT2D eigenvalue weighted by Gasteiger charge is 2.10. The van der Waals surface area contributed by atoms with Crippen molar-refractivity contribution in [2.75, 3.05) is 5.73 Å². The Labute approximate surface area is 81.2 Å². The first-order valence-electron chi connectivity index (χ1n) is 4.35. The van der Waals surface area contributed by atoms with Crippen LogP contribution in [0.15, 0.2) is 6.07 Å². The quantitative estimate of drug-likeness (QED) is 0.686. The van der Waals surface area contributed by atoms with Gasteiger partial charge in [-0.2, -0.15) is 9.61 Å². The van der Waals surface area contributed by atoms with Crippen molar-refractivity contribution in [3.63, 3.8) is 0 Å². The number of hydrogen-bond acceptors (Lipinski definition) is 4. The molecule has 74 valence electrons. The molecule has 0 amide bonds. The van der Waals surface area contributed by atoms with Crippen LogP contribution in [-0.4, -0.2) is 19.7 Å². The van der Waals surface area contributed by atoms with E-state index in [0.717, 1.165) is 17.0 Å². The Kier molecular flexibility index (Phi) is 1.89. The Morgan fingerprint density at radius 1 is 1.50 bits per heavy atom. The van der Waals surface area contributed by atoms with Crippen molar-refractivity contribution in [3.05, 3.63) is 23.0 Å². The van der Waals surface area contributed by atoms with E-state index < -0.39 is 0 Å². The van der Waals surface area contributed by atoms with Crippen LogP contribution in [0.5, 0.6) is 0 Å². The van der Waals surface area contributed by atoms with Gasteiger partial charge < -0.3 is 10.8 Å². The summed E-state index contributed by atoms with van der Waals surface area (Å²) in [6.45, 7) is 3.59. The van der Waals surface area contributed by atoms with Gasteiger partial charge in [-0.3, -0.25) is 0 Å². The van der Waals surface area contributed by atoms with Gasteiger partial charge in [0.1, 0.15) is 5.82 Å². The Balaban J connectivity index is 2.84. The summed E-state index contributed by atoms with van der Waals surface area (Å²) < 4.78 is 1.55. The van der Waals surface area contributed by atoms with Gasteiger partial charge in [-0.15, -0.1) is 0 Å². The Bertz CT molecular complexity index is 489. The molecular formula is C9H12N4O. The van der Waals surface area contributed by atoms with E-state index in [1.165, 1.54) is 0 Å². The Morgan fingerprint density at radius 3 is 2.86 bits per heavy atom. The van der Waals surface area contributed by atoms with E-state index in [-0.39, 0.29) is 6.61 Å². The van der Waals surface area contributed by atoms with Crippen LogP contribution in [-0.2, 0) is 6.61 Å². The molecule has 0 aromatic carbocycles.